The number of rotatable bonds is 5. The number of aryl methyl sites for hydroxylation is 1. The van der Waals surface area contributed by atoms with E-state index in [0.717, 1.165) is 37.1 Å². The zero-order chi connectivity index (χ0) is 21.1. The zero-order valence-electron chi connectivity index (χ0n) is 17.5. The minimum absolute atomic E-state index is 0.112. The monoisotopic (exact) mass is 405 g/mol. The number of benzene rings is 2. The maximum atomic E-state index is 12.7. The number of likely N-dealkylation sites (N-methyl/N-ethyl adjacent to an activating group) is 1. The van der Waals surface area contributed by atoms with Crippen molar-refractivity contribution in [2.45, 2.75) is 13.0 Å². The van der Waals surface area contributed by atoms with E-state index >= 15 is 0 Å². The van der Waals surface area contributed by atoms with E-state index in [9.17, 15) is 9.59 Å². The summed E-state index contributed by atoms with van der Waals surface area (Å²) in [7, 11) is 3.75. The predicted octanol–water partition coefficient (Wildman–Crippen LogP) is 1.54. The van der Waals surface area contributed by atoms with Crippen LogP contribution in [-0.4, -0.2) is 53.8 Å². The molecule has 1 aromatic heterocycles. The van der Waals surface area contributed by atoms with Crippen LogP contribution in [0.15, 0.2) is 53.3 Å². The van der Waals surface area contributed by atoms with Crippen LogP contribution >= 0.6 is 0 Å². The lowest BCUT2D eigenvalue weighted by molar-refractivity contribution is -0.120. The van der Waals surface area contributed by atoms with Crippen molar-refractivity contribution < 1.29 is 4.79 Å². The van der Waals surface area contributed by atoms with Gasteiger partial charge in [0.05, 0.1) is 17.5 Å². The molecule has 0 radical (unpaired) electrons. The standard InChI is InChI=1S/C23H27N5O2/c1-26-11-13-28(14-12-26)21-10-6-3-7-17(21)16-24-22(29)15-20-18-8-4-5-9-19(18)23(30)27(2)25-20/h3-10H,11-16H2,1-2H3,(H,24,29). The van der Waals surface area contributed by atoms with Crippen LogP contribution in [0, 0.1) is 0 Å². The Balaban J connectivity index is 1.47. The van der Waals surface area contributed by atoms with Crippen LogP contribution in [0.2, 0.25) is 0 Å². The quantitative estimate of drug-likeness (QED) is 0.697. The van der Waals surface area contributed by atoms with Crippen LogP contribution in [0.3, 0.4) is 0 Å². The fourth-order valence-corrected chi connectivity index (χ4v) is 3.93. The highest BCUT2D eigenvalue weighted by atomic mass is 16.1. The van der Waals surface area contributed by atoms with Crippen molar-refractivity contribution in [3.63, 3.8) is 0 Å². The summed E-state index contributed by atoms with van der Waals surface area (Å²) in [4.78, 5) is 29.7. The van der Waals surface area contributed by atoms with Crippen LogP contribution in [-0.2, 0) is 24.8 Å². The normalized spacial score (nSPS) is 14.8. The molecule has 2 aromatic carbocycles. The molecule has 0 atom stereocenters. The molecular weight excluding hydrogens is 378 g/mol. The minimum Gasteiger partial charge on any atom is -0.369 e. The maximum Gasteiger partial charge on any atom is 0.274 e. The van der Waals surface area contributed by atoms with E-state index in [2.05, 4.69) is 39.4 Å². The smallest absolute Gasteiger partial charge is 0.274 e. The SMILES string of the molecule is CN1CCN(c2ccccc2CNC(=O)Cc2nn(C)c(=O)c3ccccc23)CC1. The average molecular weight is 406 g/mol. The molecule has 7 nitrogen and oxygen atoms in total. The Morgan fingerprint density at radius 2 is 1.63 bits per heavy atom. The summed E-state index contributed by atoms with van der Waals surface area (Å²) in [5, 5.41) is 8.67. The van der Waals surface area contributed by atoms with E-state index < -0.39 is 0 Å². The number of hydrogen-bond donors (Lipinski definition) is 1. The number of nitrogens with one attached hydrogen (secondary N) is 1. The van der Waals surface area contributed by atoms with Crippen molar-refractivity contribution in [2.75, 3.05) is 38.1 Å². The molecule has 1 saturated heterocycles. The van der Waals surface area contributed by atoms with Gasteiger partial charge in [0.25, 0.3) is 5.56 Å². The van der Waals surface area contributed by atoms with E-state index in [-0.39, 0.29) is 17.9 Å². The van der Waals surface area contributed by atoms with Gasteiger partial charge in [-0.15, -0.1) is 0 Å². The number of amides is 1. The second-order valence-corrected chi connectivity index (χ2v) is 7.79. The third-order valence-electron chi connectivity index (χ3n) is 5.67. The van der Waals surface area contributed by atoms with Crippen LogP contribution in [0.25, 0.3) is 10.8 Å². The van der Waals surface area contributed by atoms with Gasteiger partial charge >= 0.3 is 0 Å². The van der Waals surface area contributed by atoms with E-state index in [1.54, 1.807) is 13.1 Å². The summed E-state index contributed by atoms with van der Waals surface area (Å²) < 4.78 is 1.30. The predicted molar refractivity (Wildman–Crippen MR) is 119 cm³/mol. The van der Waals surface area contributed by atoms with Gasteiger partial charge in [0.1, 0.15) is 0 Å². The molecule has 7 heteroatoms. The van der Waals surface area contributed by atoms with Crippen molar-refractivity contribution in [2.24, 2.45) is 7.05 Å². The van der Waals surface area contributed by atoms with Crippen molar-refractivity contribution >= 4 is 22.4 Å². The summed E-state index contributed by atoms with van der Waals surface area (Å²) in [5.41, 5.74) is 2.73. The van der Waals surface area contributed by atoms with Gasteiger partial charge in [-0.2, -0.15) is 5.10 Å². The molecule has 2 heterocycles. The number of hydrogen-bond acceptors (Lipinski definition) is 5. The molecule has 156 valence electrons. The largest absolute Gasteiger partial charge is 0.369 e. The third kappa shape index (κ3) is 4.21. The van der Waals surface area contributed by atoms with Crippen molar-refractivity contribution in [3.05, 3.63) is 70.1 Å². The molecule has 0 bridgehead atoms. The number of nitrogens with zero attached hydrogens (tertiary/aromatic N) is 4. The molecule has 0 aliphatic carbocycles. The Kier molecular flexibility index (Phi) is 5.81. The van der Waals surface area contributed by atoms with Gasteiger partial charge < -0.3 is 15.1 Å². The molecule has 0 spiro atoms. The minimum atomic E-state index is -0.157. The number of fused-ring (bicyclic) bond motifs is 1. The Hall–Kier alpha value is -3.19. The fourth-order valence-electron chi connectivity index (χ4n) is 3.93. The number of piperazine rings is 1. The van der Waals surface area contributed by atoms with Crippen molar-refractivity contribution in [1.29, 1.82) is 0 Å². The van der Waals surface area contributed by atoms with Gasteiger partial charge in [-0.25, -0.2) is 4.68 Å². The maximum absolute atomic E-state index is 12.7. The molecule has 0 unspecified atom stereocenters. The van der Waals surface area contributed by atoms with E-state index in [1.807, 2.05) is 30.3 Å². The van der Waals surface area contributed by atoms with Gasteiger partial charge in [0.2, 0.25) is 5.91 Å². The lowest BCUT2D eigenvalue weighted by Crippen LogP contribution is -2.45. The summed E-state index contributed by atoms with van der Waals surface area (Å²) in [6, 6.07) is 15.5. The van der Waals surface area contributed by atoms with Gasteiger partial charge in [-0.05, 0) is 24.7 Å². The molecule has 0 saturated carbocycles. The highest BCUT2D eigenvalue weighted by Crippen LogP contribution is 2.22. The van der Waals surface area contributed by atoms with Crippen molar-refractivity contribution in [3.8, 4) is 0 Å². The Morgan fingerprint density at radius 3 is 2.40 bits per heavy atom. The van der Waals surface area contributed by atoms with Gasteiger partial charge in [-0.3, -0.25) is 9.59 Å². The number of anilines is 1. The summed E-state index contributed by atoms with van der Waals surface area (Å²) in [6.45, 7) is 4.49. The van der Waals surface area contributed by atoms with Gasteiger partial charge in [0.15, 0.2) is 0 Å². The molecule has 1 amide bonds. The lowest BCUT2D eigenvalue weighted by Gasteiger charge is -2.35. The first-order valence-electron chi connectivity index (χ1n) is 10.3. The topological polar surface area (TPSA) is 70.5 Å². The van der Waals surface area contributed by atoms with Crippen LogP contribution in [0.1, 0.15) is 11.3 Å². The van der Waals surface area contributed by atoms with Crippen LogP contribution < -0.4 is 15.8 Å². The first-order chi connectivity index (χ1) is 14.5. The number of para-hydroxylation sites is 1. The first kappa shape index (κ1) is 20.1. The second-order valence-electron chi connectivity index (χ2n) is 7.79. The Labute approximate surface area is 175 Å². The van der Waals surface area contributed by atoms with E-state index in [0.29, 0.717) is 17.6 Å². The molecule has 3 aromatic rings. The molecule has 1 aliphatic heterocycles. The Bertz CT molecular complexity index is 1120. The fraction of sp³-hybridized carbons (Fsp3) is 0.348. The number of carbonyl (C=O) groups excluding carboxylic acids is 1. The zero-order valence-corrected chi connectivity index (χ0v) is 17.5. The number of aromatic nitrogens is 2. The van der Waals surface area contributed by atoms with Gasteiger partial charge in [-0.1, -0.05) is 36.4 Å². The highest BCUT2D eigenvalue weighted by Gasteiger charge is 2.17. The van der Waals surface area contributed by atoms with Crippen LogP contribution in [0.5, 0.6) is 0 Å². The lowest BCUT2D eigenvalue weighted by atomic mass is 10.1. The molecule has 1 N–H and O–H groups in total. The summed E-state index contributed by atoms with van der Waals surface area (Å²) >= 11 is 0. The van der Waals surface area contributed by atoms with Crippen LogP contribution in [0.4, 0.5) is 5.69 Å². The molecule has 4 rings (SSSR count). The molecular formula is C23H27N5O2. The molecule has 1 fully saturated rings. The molecule has 1 aliphatic rings. The van der Waals surface area contributed by atoms with Gasteiger partial charge in [0, 0.05) is 50.8 Å². The second kappa shape index (κ2) is 8.67. The van der Waals surface area contributed by atoms with E-state index in [4.69, 9.17) is 0 Å². The van der Waals surface area contributed by atoms with Crippen molar-refractivity contribution in [1.82, 2.24) is 20.0 Å². The third-order valence-corrected chi connectivity index (χ3v) is 5.67. The summed E-state index contributed by atoms with van der Waals surface area (Å²) in [5.74, 6) is -0.112. The first-order valence-corrected chi connectivity index (χ1v) is 10.3. The average Bonchev–Trinajstić information content (AvgIpc) is 2.77. The van der Waals surface area contributed by atoms with E-state index in [1.165, 1.54) is 10.4 Å². The number of carbonyl (C=O) groups is 1. The highest BCUT2D eigenvalue weighted by molar-refractivity contribution is 5.88. The summed E-state index contributed by atoms with van der Waals surface area (Å²) in [6.07, 6.45) is 0.130. The Morgan fingerprint density at radius 1 is 0.967 bits per heavy atom. The molecule has 30 heavy (non-hydrogen) atoms.